The molecule has 1 rings (SSSR count). The van der Waals surface area contributed by atoms with Gasteiger partial charge in [0.2, 0.25) is 0 Å². The van der Waals surface area contributed by atoms with E-state index in [2.05, 4.69) is 52.1 Å². The largest absolute Gasteiger partial charge is 0.316 e. The minimum Gasteiger partial charge on any atom is -0.316 e. The maximum absolute atomic E-state index is 3.76. The average molecular weight is 254 g/mol. The second kappa shape index (κ2) is 5.99. The van der Waals surface area contributed by atoms with Gasteiger partial charge in [0.25, 0.3) is 0 Å². The minimum atomic E-state index is 0.494. The molecule has 0 radical (unpaired) electrons. The lowest BCUT2D eigenvalue weighted by atomic mass is 10.0. The normalized spacial score (nSPS) is 12.4. The molecule has 0 aliphatic carbocycles. The van der Waals surface area contributed by atoms with Crippen LogP contribution in [0.5, 0.6) is 0 Å². The quantitative estimate of drug-likeness (QED) is 0.796. The van der Waals surface area contributed by atoms with Gasteiger partial charge in [-0.25, -0.2) is 0 Å². The molecule has 0 spiro atoms. The minimum absolute atomic E-state index is 0.494. The molecular weight excluding hydrogens is 238 g/mol. The van der Waals surface area contributed by atoms with E-state index < -0.39 is 0 Å². The van der Waals surface area contributed by atoms with Crippen LogP contribution >= 0.6 is 15.9 Å². The summed E-state index contributed by atoms with van der Waals surface area (Å²) in [6.45, 7) is 3.76. The first-order chi connectivity index (χ1) is 6.76. The fourth-order valence-corrected chi connectivity index (χ4v) is 1.67. The van der Waals surface area contributed by atoms with Crippen molar-refractivity contribution in [2.45, 2.75) is 18.9 Å². The first-order valence-electron chi connectivity index (χ1n) is 4.79. The van der Waals surface area contributed by atoms with Crippen molar-refractivity contribution in [2.75, 3.05) is 7.05 Å². The van der Waals surface area contributed by atoms with E-state index >= 15 is 0 Å². The van der Waals surface area contributed by atoms with E-state index in [-0.39, 0.29) is 0 Å². The summed E-state index contributed by atoms with van der Waals surface area (Å²) in [5.41, 5.74) is 1.36. The van der Waals surface area contributed by atoms with E-state index in [0.717, 1.165) is 17.3 Å². The van der Waals surface area contributed by atoms with Crippen LogP contribution in [-0.4, -0.2) is 13.1 Å². The van der Waals surface area contributed by atoms with Gasteiger partial charge in [0.05, 0.1) is 0 Å². The van der Waals surface area contributed by atoms with Gasteiger partial charge in [0.1, 0.15) is 0 Å². The highest BCUT2D eigenvalue weighted by Gasteiger charge is 2.04. The molecule has 0 saturated heterocycles. The molecule has 1 N–H and O–H groups in total. The highest BCUT2D eigenvalue weighted by molar-refractivity contribution is 9.10. The molecule has 2 heteroatoms. The summed E-state index contributed by atoms with van der Waals surface area (Å²) in [6.07, 6.45) is 4.02. The molecule has 1 atom stereocenters. The van der Waals surface area contributed by atoms with Gasteiger partial charge in [-0.15, -0.1) is 6.58 Å². The van der Waals surface area contributed by atoms with Crippen LogP contribution in [0.1, 0.15) is 12.0 Å². The number of nitrogens with one attached hydrogen (secondary N) is 1. The average Bonchev–Trinajstić information content (AvgIpc) is 2.20. The highest BCUT2D eigenvalue weighted by Crippen LogP contribution is 2.12. The fraction of sp³-hybridized carbons (Fsp3) is 0.333. The SMILES string of the molecule is C=CCC(Cc1ccc(Br)cc1)NC. The molecule has 0 aliphatic heterocycles. The van der Waals surface area contributed by atoms with Gasteiger partial charge in [0, 0.05) is 10.5 Å². The summed E-state index contributed by atoms with van der Waals surface area (Å²) < 4.78 is 1.13. The number of benzene rings is 1. The van der Waals surface area contributed by atoms with Crippen LogP contribution in [0.3, 0.4) is 0 Å². The van der Waals surface area contributed by atoms with Gasteiger partial charge >= 0.3 is 0 Å². The van der Waals surface area contributed by atoms with Crippen molar-refractivity contribution in [2.24, 2.45) is 0 Å². The van der Waals surface area contributed by atoms with Gasteiger partial charge in [0.15, 0.2) is 0 Å². The zero-order valence-electron chi connectivity index (χ0n) is 8.46. The molecule has 0 heterocycles. The van der Waals surface area contributed by atoms with E-state index in [1.54, 1.807) is 0 Å². The Bertz CT molecular complexity index is 279. The van der Waals surface area contributed by atoms with Crippen LogP contribution in [0.4, 0.5) is 0 Å². The van der Waals surface area contributed by atoms with Crippen molar-refractivity contribution in [3.8, 4) is 0 Å². The zero-order valence-corrected chi connectivity index (χ0v) is 10.0. The molecule has 0 aliphatic rings. The van der Waals surface area contributed by atoms with Crippen LogP contribution in [0.2, 0.25) is 0 Å². The van der Waals surface area contributed by atoms with Crippen molar-refractivity contribution in [1.82, 2.24) is 5.32 Å². The molecule has 1 nitrogen and oxygen atoms in total. The van der Waals surface area contributed by atoms with Crippen LogP contribution in [0, 0.1) is 0 Å². The second-order valence-electron chi connectivity index (χ2n) is 3.34. The van der Waals surface area contributed by atoms with Gasteiger partial charge < -0.3 is 5.32 Å². The first kappa shape index (κ1) is 11.5. The van der Waals surface area contributed by atoms with Gasteiger partial charge in [-0.3, -0.25) is 0 Å². The lowest BCUT2D eigenvalue weighted by Gasteiger charge is -2.13. The van der Waals surface area contributed by atoms with Crippen molar-refractivity contribution in [1.29, 1.82) is 0 Å². The van der Waals surface area contributed by atoms with E-state index in [1.807, 2.05) is 13.1 Å². The predicted molar refractivity (Wildman–Crippen MR) is 65.5 cm³/mol. The van der Waals surface area contributed by atoms with E-state index in [0.29, 0.717) is 6.04 Å². The van der Waals surface area contributed by atoms with E-state index in [9.17, 15) is 0 Å². The number of likely N-dealkylation sites (N-methyl/N-ethyl adjacent to an activating group) is 1. The summed E-state index contributed by atoms with van der Waals surface area (Å²) >= 11 is 3.43. The van der Waals surface area contributed by atoms with Crippen molar-refractivity contribution in [3.63, 3.8) is 0 Å². The third-order valence-electron chi connectivity index (χ3n) is 2.25. The summed E-state index contributed by atoms with van der Waals surface area (Å²) in [7, 11) is 1.99. The number of hydrogen-bond donors (Lipinski definition) is 1. The molecule has 0 fully saturated rings. The van der Waals surface area contributed by atoms with Crippen molar-refractivity contribution < 1.29 is 0 Å². The summed E-state index contributed by atoms with van der Waals surface area (Å²) in [4.78, 5) is 0. The fourth-order valence-electron chi connectivity index (χ4n) is 1.41. The Balaban J connectivity index is 2.57. The van der Waals surface area contributed by atoms with Crippen molar-refractivity contribution >= 4 is 15.9 Å². The maximum Gasteiger partial charge on any atom is 0.0175 e. The molecule has 0 amide bonds. The molecule has 0 saturated carbocycles. The molecule has 1 aromatic rings. The smallest absolute Gasteiger partial charge is 0.0175 e. The lowest BCUT2D eigenvalue weighted by molar-refractivity contribution is 0.566. The third kappa shape index (κ3) is 3.64. The van der Waals surface area contributed by atoms with E-state index in [1.165, 1.54) is 5.56 Å². The summed E-state index contributed by atoms with van der Waals surface area (Å²) in [5.74, 6) is 0. The predicted octanol–water partition coefficient (Wildman–Crippen LogP) is 3.16. The van der Waals surface area contributed by atoms with Gasteiger partial charge in [-0.05, 0) is 37.6 Å². The topological polar surface area (TPSA) is 12.0 Å². The molecule has 1 unspecified atom stereocenters. The van der Waals surface area contributed by atoms with Crippen LogP contribution in [-0.2, 0) is 6.42 Å². The van der Waals surface area contributed by atoms with Gasteiger partial charge in [-0.2, -0.15) is 0 Å². The Morgan fingerprint density at radius 1 is 1.43 bits per heavy atom. The Hall–Kier alpha value is -0.600. The molecule has 76 valence electrons. The summed E-state index contributed by atoms with van der Waals surface area (Å²) in [5, 5.41) is 3.28. The molecule has 1 aromatic carbocycles. The first-order valence-corrected chi connectivity index (χ1v) is 5.58. The lowest BCUT2D eigenvalue weighted by Crippen LogP contribution is -2.26. The monoisotopic (exact) mass is 253 g/mol. The Kier molecular flexibility index (Phi) is 4.91. The highest BCUT2D eigenvalue weighted by atomic mass is 79.9. The maximum atomic E-state index is 3.76. The molecule has 14 heavy (non-hydrogen) atoms. The standard InChI is InChI=1S/C12H16BrN/c1-3-4-12(14-2)9-10-5-7-11(13)8-6-10/h3,5-8,12,14H,1,4,9H2,2H3. The molecule has 0 aromatic heterocycles. The Labute approximate surface area is 94.3 Å². The Morgan fingerprint density at radius 3 is 2.57 bits per heavy atom. The Morgan fingerprint density at radius 2 is 2.07 bits per heavy atom. The van der Waals surface area contributed by atoms with Gasteiger partial charge in [-0.1, -0.05) is 34.1 Å². The number of halogens is 1. The third-order valence-corrected chi connectivity index (χ3v) is 2.78. The zero-order chi connectivity index (χ0) is 10.4. The molecular formula is C12H16BrN. The number of hydrogen-bond acceptors (Lipinski definition) is 1. The van der Waals surface area contributed by atoms with Crippen LogP contribution in [0.15, 0.2) is 41.4 Å². The van der Waals surface area contributed by atoms with Crippen LogP contribution in [0.25, 0.3) is 0 Å². The van der Waals surface area contributed by atoms with Crippen LogP contribution < -0.4 is 5.32 Å². The molecule has 0 bridgehead atoms. The summed E-state index contributed by atoms with van der Waals surface area (Å²) in [6, 6.07) is 8.95. The number of rotatable bonds is 5. The second-order valence-corrected chi connectivity index (χ2v) is 4.26. The van der Waals surface area contributed by atoms with Crippen molar-refractivity contribution in [3.05, 3.63) is 47.0 Å². The van der Waals surface area contributed by atoms with E-state index in [4.69, 9.17) is 0 Å².